The van der Waals surface area contributed by atoms with E-state index in [1.807, 2.05) is 7.05 Å². The lowest BCUT2D eigenvalue weighted by Gasteiger charge is -2.49. The average Bonchev–Trinajstić information content (AvgIpc) is 3.28. The number of allylic oxidation sites excluding steroid dienone is 1. The van der Waals surface area contributed by atoms with E-state index >= 15 is 0 Å². The number of nitrogens with one attached hydrogen (secondary N) is 1. The Hall–Kier alpha value is -3.12. The fourth-order valence-electron chi connectivity index (χ4n) is 3.81. The number of carbonyl (C=O) groups is 3. The minimum atomic E-state index is -1.31. The zero-order valence-corrected chi connectivity index (χ0v) is 21.4. The molecule has 1 aromatic rings. The van der Waals surface area contributed by atoms with Gasteiger partial charge in [0.05, 0.1) is 26.8 Å². The van der Waals surface area contributed by atoms with Crippen LogP contribution in [-0.4, -0.2) is 121 Å². The van der Waals surface area contributed by atoms with Crippen molar-refractivity contribution in [1.29, 1.82) is 0 Å². The highest BCUT2D eigenvalue weighted by atomic mass is 32.2. The second kappa shape index (κ2) is 12.4. The molecule has 2 amide bonds. The Bertz CT molecular complexity index is 1120. The van der Waals surface area contributed by atoms with E-state index in [0.29, 0.717) is 29.7 Å². The summed E-state index contributed by atoms with van der Waals surface area (Å²) in [5.74, 6) is -2.82. The number of rotatable bonds is 13. The zero-order chi connectivity index (χ0) is 27.2. The Morgan fingerprint density at radius 3 is 2.65 bits per heavy atom. The van der Waals surface area contributed by atoms with Gasteiger partial charge in [-0.05, 0) is 11.6 Å². The molecule has 0 spiro atoms. The van der Waals surface area contributed by atoms with Gasteiger partial charge in [0.1, 0.15) is 30.2 Å². The van der Waals surface area contributed by atoms with Crippen LogP contribution in [0, 0.1) is 0 Å². The number of oxime groups is 1. The number of aliphatic hydroxyl groups excluding tert-OH is 2. The molecule has 2 aliphatic rings. The van der Waals surface area contributed by atoms with E-state index in [1.165, 1.54) is 11.8 Å². The van der Waals surface area contributed by atoms with E-state index in [1.54, 1.807) is 12.2 Å². The predicted octanol–water partition coefficient (Wildman–Crippen LogP) is -1.51. The van der Waals surface area contributed by atoms with Crippen molar-refractivity contribution in [3.63, 3.8) is 0 Å². The predicted molar refractivity (Wildman–Crippen MR) is 132 cm³/mol. The first-order valence-electron chi connectivity index (χ1n) is 10.9. The van der Waals surface area contributed by atoms with Gasteiger partial charge >= 0.3 is 5.97 Å². The number of hydrogen-bond acceptors (Lipinski definition) is 12. The summed E-state index contributed by atoms with van der Waals surface area (Å²) < 4.78 is 16.7. The summed E-state index contributed by atoms with van der Waals surface area (Å²) in [6.45, 7) is -0.216. The summed E-state index contributed by atoms with van der Waals surface area (Å²) >= 11 is 2.04. The smallest absolute Gasteiger partial charge is 0.352 e. The number of fused-ring (bicyclic) bond motifs is 1. The second-order valence-electron chi connectivity index (χ2n) is 8.27. The highest BCUT2D eigenvalue weighted by molar-refractivity contribution is 8.00. The van der Waals surface area contributed by atoms with Crippen LogP contribution in [-0.2, 0) is 19.2 Å². The summed E-state index contributed by atoms with van der Waals surface area (Å²) in [6.07, 6.45) is 3.36. The number of β-lactam (4-membered cyclic amide) rings is 1. The standard InChI is InChI=1S/C20H26FN7O7S2/c1-28(5-7-29,6-8-30)4-2-3-11-9-36-18-13(17(32)27(18)14(11)19(33)34)23-16(31)12(25-35-10-21)15-24-20(22)37-26-15/h2-3,13,18,29-30H,4-10H2,1H3,(H3-,22,23,24,26,31,33,34)/p+1/b3-2+,25-12-/t13-,18+/m1/s1. The first-order valence-corrected chi connectivity index (χ1v) is 12.8. The molecule has 0 unspecified atom stereocenters. The van der Waals surface area contributed by atoms with Gasteiger partial charge in [0.15, 0.2) is 5.13 Å². The van der Waals surface area contributed by atoms with Crippen molar-refractivity contribution in [1.82, 2.24) is 19.6 Å². The number of nitrogen functional groups attached to an aromatic ring is 1. The first-order chi connectivity index (χ1) is 17.7. The van der Waals surface area contributed by atoms with Gasteiger partial charge in [-0.15, -0.1) is 11.8 Å². The zero-order valence-electron chi connectivity index (χ0n) is 19.7. The van der Waals surface area contributed by atoms with Crippen LogP contribution in [0.25, 0.3) is 0 Å². The molecule has 1 saturated heterocycles. The number of carboxylic acid groups (broad SMARTS) is 1. The minimum absolute atomic E-state index is 0.0353. The van der Waals surface area contributed by atoms with Crippen molar-refractivity contribution in [2.24, 2.45) is 5.16 Å². The SMILES string of the molecule is C[N+](C/C=C/C1=C(C(=O)O)N2C(=O)[C@@H](NC(=O)/C(=N\OCF)c3nsc(N)n3)[C@@H]2SC1)(CCO)CCO. The van der Waals surface area contributed by atoms with Gasteiger partial charge in [-0.3, -0.25) is 14.5 Å². The molecule has 2 atom stereocenters. The van der Waals surface area contributed by atoms with E-state index in [0.717, 1.165) is 16.4 Å². The van der Waals surface area contributed by atoms with Crippen LogP contribution in [0.5, 0.6) is 0 Å². The molecule has 0 saturated carbocycles. The molecule has 0 aromatic carbocycles. The fraction of sp³-hybridized carbons (Fsp3) is 0.500. The summed E-state index contributed by atoms with van der Waals surface area (Å²) in [6, 6.07) is -1.07. The molecule has 17 heteroatoms. The lowest BCUT2D eigenvalue weighted by Crippen LogP contribution is -2.71. The van der Waals surface area contributed by atoms with Crippen LogP contribution in [0.15, 0.2) is 28.6 Å². The molecule has 2 aliphatic heterocycles. The number of nitrogens with two attached hydrogens (primary N) is 1. The Morgan fingerprint density at radius 1 is 1.38 bits per heavy atom. The number of nitrogens with zero attached hydrogens (tertiary/aromatic N) is 5. The number of quaternary nitrogens is 1. The normalized spacial score (nSPS) is 20.2. The second-order valence-corrected chi connectivity index (χ2v) is 10.2. The summed E-state index contributed by atoms with van der Waals surface area (Å²) in [4.78, 5) is 47.0. The summed E-state index contributed by atoms with van der Waals surface area (Å²) in [5, 5.41) is 33.6. The van der Waals surface area contributed by atoms with Gasteiger partial charge in [0.2, 0.25) is 11.5 Å². The number of aliphatic hydroxyl groups is 2. The maximum Gasteiger partial charge on any atom is 0.352 e. The third-order valence-corrected chi connectivity index (χ3v) is 7.55. The van der Waals surface area contributed by atoms with Crippen molar-refractivity contribution >= 4 is 51.9 Å². The third kappa shape index (κ3) is 6.42. The van der Waals surface area contributed by atoms with E-state index in [4.69, 9.17) is 5.73 Å². The molecular weight excluding hydrogens is 533 g/mol. The fourth-order valence-corrected chi connectivity index (χ4v) is 5.56. The molecule has 1 aromatic heterocycles. The van der Waals surface area contributed by atoms with Crippen LogP contribution >= 0.6 is 23.3 Å². The number of likely N-dealkylation sites (N-methyl/N-ethyl adjacent to an activating group) is 1. The summed E-state index contributed by atoms with van der Waals surface area (Å²) in [7, 11) is 1.85. The highest BCUT2D eigenvalue weighted by Gasteiger charge is 2.54. The molecule has 37 heavy (non-hydrogen) atoms. The number of halogens is 1. The van der Waals surface area contributed by atoms with Crippen molar-refractivity contribution < 1.29 is 43.4 Å². The first kappa shape index (κ1) is 28.5. The Balaban J connectivity index is 1.76. The Morgan fingerprint density at radius 2 is 2.08 bits per heavy atom. The number of aliphatic carboxylic acids is 1. The topological polar surface area (TPSA) is 201 Å². The third-order valence-electron chi connectivity index (χ3n) is 5.71. The van der Waals surface area contributed by atoms with Crippen molar-refractivity contribution in [3.8, 4) is 0 Å². The molecule has 3 heterocycles. The molecular formula is C20H27FN7O7S2+. The number of aromatic nitrogens is 2. The van der Waals surface area contributed by atoms with Crippen LogP contribution in [0.1, 0.15) is 5.82 Å². The monoisotopic (exact) mass is 560 g/mol. The van der Waals surface area contributed by atoms with Crippen molar-refractivity contribution in [3.05, 3.63) is 29.2 Å². The van der Waals surface area contributed by atoms with Gasteiger partial charge in [0, 0.05) is 17.3 Å². The summed E-state index contributed by atoms with van der Waals surface area (Å²) in [5.41, 5.74) is 5.26. The van der Waals surface area contributed by atoms with Crippen LogP contribution in [0.3, 0.4) is 0 Å². The van der Waals surface area contributed by atoms with Crippen molar-refractivity contribution in [2.75, 3.05) is 58.2 Å². The molecule has 202 valence electrons. The number of alkyl halides is 1. The minimum Gasteiger partial charge on any atom is -0.477 e. The van der Waals surface area contributed by atoms with Gasteiger partial charge in [-0.1, -0.05) is 11.2 Å². The molecule has 14 nitrogen and oxygen atoms in total. The molecule has 6 N–H and O–H groups in total. The lowest BCUT2D eigenvalue weighted by atomic mass is 10.0. The van der Waals surface area contributed by atoms with Gasteiger partial charge in [0.25, 0.3) is 18.7 Å². The molecule has 1 fully saturated rings. The Kier molecular flexibility index (Phi) is 9.55. The van der Waals surface area contributed by atoms with Crippen LogP contribution in [0.2, 0.25) is 0 Å². The van der Waals surface area contributed by atoms with E-state index < -0.39 is 41.8 Å². The maximum absolute atomic E-state index is 12.9. The number of thioether (sulfide) groups is 1. The number of carbonyl (C=O) groups excluding carboxylic acids is 2. The largest absolute Gasteiger partial charge is 0.477 e. The van der Waals surface area contributed by atoms with Gasteiger partial charge in [-0.25, -0.2) is 9.18 Å². The molecule has 3 rings (SSSR count). The number of amides is 2. The lowest BCUT2D eigenvalue weighted by molar-refractivity contribution is -0.904. The van der Waals surface area contributed by atoms with E-state index in [2.05, 4.69) is 24.7 Å². The number of anilines is 1. The number of hydrogen-bond donors (Lipinski definition) is 5. The van der Waals surface area contributed by atoms with Crippen LogP contribution < -0.4 is 11.1 Å². The molecule has 0 bridgehead atoms. The Labute approximate surface area is 219 Å². The van der Waals surface area contributed by atoms with Crippen molar-refractivity contribution in [2.45, 2.75) is 11.4 Å². The number of carboxylic acids is 1. The quantitative estimate of drug-likeness (QED) is 0.0813. The molecule has 0 radical (unpaired) electrons. The molecule has 0 aliphatic carbocycles. The highest BCUT2D eigenvalue weighted by Crippen LogP contribution is 2.40. The van der Waals surface area contributed by atoms with Crippen LogP contribution in [0.4, 0.5) is 9.52 Å². The van der Waals surface area contributed by atoms with Gasteiger partial charge < -0.3 is 35.7 Å². The van der Waals surface area contributed by atoms with Gasteiger partial charge in [-0.2, -0.15) is 9.36 Å². The van der Waals surface area contributed by atoms with E-state index in [-0.39, 0.29) is 35.6 Å². The average molecular weight is 561 g/mol. The van der Waals surface area contributed by atoms with E-state index in [9.17, 15) is 34.1 Å². The maximum atomic E-state index is 12.9.